The zero-order valence-electron chi connectivity index (χ0n) is 38.9. The Labute approximate surface area is 407 Å². The molecule has 8 nitrogen and oxygen atoms in total. The largest absolute Gasteiger partial charge is 0.458 e. The van der Waals surface area contributed by atoms with Gasteiger partial charge in [0, 0.05) is 11.1 Å². The van der Waals surface area contributed by atoms with Gasteiger partial charge in [-0.25, -0.2) is 0 Å². The molecule has 10 aromatic rings. The molecule has 10 aromatic carbocycles. The molecule has 0 atom stereocenters. The number of fused-ring (bicyclic) bond motifs is 2. The second kappa shape index (κ2) is 21.4. The molecule has 346 valence electrons. The zero-order chi connectivity index (χ0) is 47.5. The number of aryl methyl sites for hydroxylation is 2. The van der Waals surface area contributed by atoms with Crippen LogP contribution in [0.2, 0.25) is 0 Å². The molecule has 0 radical (unpaired) electrons. The van der Waals surface area contributed by atoms with Gasteiger partial charge in [0.25, 0.3) is 0 Å². The van der Waals surface area contributed by atoms with Crippen molar-refractivity contribution in [3.05, 3.63) is 230 Å². The van der Waals surface area contributed by atoms with Crippen molar-refractivity contribution in [2.24, 2.45) is 0 Å². The van der Waals surface area contributed by atoms with Gasteiger partial charge in [-0.2, -0.15) is 0 Å². The summed E-state index contributed by atoms with van der Waals surface area (Å²) in [6.07, 6.45) is 0. The third-order valence-electron chi connectivity index (χ3n) is 11.9. The molecule has 0 bridgehead atoms. The second-order valence-electron chi connectivity index (χ2n) is 16.7. The maximum Gasteiger partial charge on any atom is 0.230 e. The van der Waals surface area contributed by atoms with E-state index in [1.54, 1.807) is 0 Å². The first-order valence-electron chi connectivity index (χ1n) is 23.1. The molecule has 0 amide bonds. The molecule has 0 fully saturated rings. The smallest absolute Gasteiger partial charge is 0.230 e. The Morgan fingerprint density at radius 3 is 0.800 bits per heavy atom. The van der Waals surface area contributed by atoms with Crippen LogP contribution in [0.5, 0.6) is 46.0 Å². The molecule has 0 aliphatic carbocycles. The molecule has 8 heteroatoms. The summed E-state index contributed by atoms with van der Waals surface area (Å²) in [5, 5.41) is 4.18. The first kappa shape index (κ1) is 44.9. The van der Waals surface area contributed by atoms with Crippen LogP contribution in [-0.4, -0.2) is 27.2 Å². The zero-order valence-corrected chi connectivity index (χ0v) is 38.9. The summed E-state index contributed by atoms with van der Waals surface area (Å²) in [5.41, 5.74) is 8.36. The Bertz CT molecular complexity index is 3070. The fourth-order valence-electron chi connectivity index (χ4n) is 8.16. The number of rotatable bonds is 19. The summed E-state index contributed by atoms with van der Waals surface area (Å²) in [6.45, 7) is 4.32. The van der Waals surface area contributed by atoms with Crippen molar-refractivity contribution in [3.8, 4) is 79.4 Å². The van der Waals surface area contributed by atoms with E-state index in [0.29, 0.717) is 23.0 Å². The van der Waals surface area contributed by atoms with Gasteiger partial charge < -0.3 is 37.9 Å². The summed E-state index contributed by atoms with van der Waals surface area (Å²) in [7, 11) is 0. The fraction of sp³-hybridized carbons (Fsp3) is 0.0968. The van der Waals surface area contributed by atoms with Crippen molar-refractivity contribution in [1.29, 1.82) is 0 Å². The molecular formula is C62H50O8. The number of hydrogen-bond donors (Lipinski definition) is 0. The van der Waals surface area contributed by atoms with Crippen molar-refractivity contribution >= 4 is 21.5 Å². The van der Waals surface area contributed by atoms with Crippen molar-refractivity contribution in [1.82, 2.24) is 0 Å². The van der Waals surface area contributed by atoms with Crippen molar-refractivity contribution in [3.63, 3.8) is 0 Å². The average molecular weight is 923 g/mol. The molecule has 0 saturated carbocycles. The van der Waals surface area contributed by atoms with Crippen LogP contribution in [0.1, 0.15) is 11.1 Å². The van der Waals surface area contributed by atoms with Gasteiger partial charge in [0.1, 0.15) is 46.0 Å². The maximum atomic E-state index is 6.52. The predicted octanol–water partition coefficient (Wildman–Crippen LogP) is 15.3. The van der Waals surface area contributed by atoms with E-state index in [2.05, 4.69) is 36.4 Å². The van der Waals surface area contributed by atoms with E-state index in [1.807, 2.05) is 196 Å². The van der Waals surface area contributed by atoms with Crippen LogP contribution in [0, 0.1) is 13.8 Å². The lowest BCUT2D eigenvalue weighted by Gasteiger charge is -2.20. The monoisotopic (exact) mass is 922 g/mol. The fourth-order valence-corrected chi connectivity index (χ4v) is 8.16. The molecule has 0 aliphatic rings. The lowest BCUT2D eigenvalue weighted by Crippen LogP contribution is -2.08. The second-order valence-corrected chi connectivity index (χ2v) is 16.7. The van der Waals surface area contributed by atoms with Crippen LogP contribution in [0.4, 0.5) is 0 Å². The standard InChI is InChI=1S/C62H50O8/c1-43-11-25-51(26-12-43)63-39-65-53-29-15-45(16-30-53)47-19-33-55(34-20-47)67-41-69-59-37-23-49-7-3-5-9-57(49)61(59)62-58-10-6-4-8-50(58)24-38-60(62)70-42-68-56-35-21-48(22-36-56)46-17-31-54(32-18-46)66-40-64-52-27-13-44(2)14-28-52/h3-38H,39-42H2,1-2H3. The summed E-state index contributed by atoms with van der Waals surface area (Å²) in [5.74, 6) is 5.68. The minimum absolute atomic E-state index is 0.0111. The Morgan fingerprint density at radius 2 is 0.500 bits per heavy atom. The van der Waals surface area contributed by atoms with Crippen molar-refractivity contribution < 1.29 is 37.9 Å². The van der Waals surface area contributed by atoms with Gasteiger partial charge in [-0.1, -0.05) is 145 Å². The topological polar surface area (TPSA) is 73.8 Å². The minimum atomic E-state index is -0.0111. The third-order valence-corrected chi connectivity index (χ3v) is 11.9. The van der Waals surface area contributed by atoms with E-state index in [-0.39, 0.29) is 27.2 Å². The highest BCUT2D eigenvalue weighted by atomic mass is 16.7. The Hall–Kier alpha value is -8.88. The molecule has 0 spiro atoms. The Morgan fingerprint density at radius 1 is 0.243 bits per heavy atom. The van der Waals surface area contributed by atoms with Gasteiger partial charge in [0.2, 0.25) is 27.2 Å². The van der Waals surface area contributed by atoms with Crippen LogP contribution < -0.4 is 37.9 Å². The van der Waals surface area contributed by atoms with Gasteiger partial charge >= 0.3 is 0 Å². The van der Waals surface area contributed by atoms with E-state index in [0.717, 1.165) is 77.9 Å². The van der Waals surface area contributed by atoms with Crippen molar-refractivity contribution in [2.75, 3.05) is 27.2 Å². The molecule has 0 saturated heterocycles. The van der Waals surface area contributed by atoms with E-state index >= 15 is 0 Å². The number of ether oxygens (including phenoxy) is 8. The van der Waals surface area contributed by atoms with Gasteiger partial charge in [0.05, 0.1) is 0 Å². The van der Waals surface area contributed by atoms with Gasteiger partial charge in [-0.05, 0) is 143 Å². The van der Waals surface area contributed by atoms with Gasteiger partial charge in [-0.3, -0.25) is 0 Å². The lowest BCUT2D eigenvalue weighted by atomic mass is 9.92. The first-order chi connectivity index (χ1) is 34.5. The highest BCUT2D eigenvalue weighted by Gasteiger charge is 2.20. The predicted molar refractivity (Wildman–Crippen MR) is 277 cm³/mol. The van der Waals surface area contributed by atoms with E-state index in [1.165, 1.54) is 11.1 Å². The molecule has 0 aliphatic heterocycles. The van der Waals surface area contributed by atoms with E-state index in [4.69, 9.17) is 37.9 Å². The van der Waals surface area contributed by atoms with Gasteiger partial charge in [0.15, 0.2) is 0 Å². The normalized spacial score (nSPS) is 10.9. The number of hydrogen-bond acceptors (Lipinski definition) is 8. The van der Waals surface area contributed by atoms with E-state index < -0.39 is 0 Å². The quantitative estimate of drug-likeness (QED) is 0.0743. The highest BCUT2D eigenvalue weighted by Crippen LogP contribution is 2.45. The van der Waals surface area contributed by atoms with Crippen LogP contribution in [0.15, 0.2) is 218 Å². The SMILES string of the molecule is Cc1ccc(OCOc2ccc(-c3ccc(OCOc4ccc5ccccc5c4-c4c(OCOc5ccc(-c6ccc(OCOc7ccc(C)cc7)cc6)cc5)ccc5ccccc45)cc3)cc2)cc1. The third kappa shape index (κ3) is 10.9. The van der Waals surface area contributed by atoms with Crippen LogP contribution in [0.25, 0.3) is 54.9 Å². The minimum Gasteiger partial charge on any atom is -0.458 e. The Kier molecular flexibility index (Phi) is 13.7. The number of benzene rings is 10. The highest BCUT2D eigenvalue weighted by molar-refractivity contribution is 6.09. The first-order valence-corrected chi connectivity index (χ1v) is 23.1. The summed E-state index contributed by atoms with van der Waals surface area (Å²) >= 11 is 0. The Balaban J connectivity index is 0.790. The van der Waals surface area contributed by atoms with Crippen molar-refractivity contribution in [2.45, 2.75) is 13.8 Å². The molecule has 0 unspecified atom stereocenters. The lowest BCUT2D eigenvalue weighted by molar-refractivity contribution is 0.118. The van der Waals surface area contributed by atoms with E-state index in [9.17, 15) is 0 Å². The summed E-state index contributed by atoms with van der Waals surface area (Å²) in [4.78, 5) is 0. The summed E-state index contributed by atoms with van der Waals surface area (Å²) < 4.78 is 48.5. The maximum absolute atomic E-state index is 6.52. The molecule has 0 aromatic heterocycles. The molecule has 0 N–H and O–H groups in total. The molecule has 0 heterocycles. The summed E-state index contributed by atoms with van der Waals surface area (Å²) in [6, 6.07) is 72.3. The average Bonchev–Trinajstić information content (AvgIpc) is 3.40. The van der Waals surface area contributed by atoms with Crippen LogP contribution in [-0.2, 0) is 0 Å². The molecule has 10 rings (SSSR count). The van der Waals surface area contributed by atoms with Gasteiger partial charge in [-0.15, -0.1) is 0 Å². The molecular weight excluding hydrogens is 873 g/mol. The molecule has 70 heavy (non-hydrogen) atoms. The van der Waals surface area contributed by atoms with Crippen LogP contribution >= 0.6 is 0 Å². The van der Waals surface area contributed by atoms with Crippen LogP contribution in [0.3, 0.4) is 0 Å².